The Morgan fingerprint density at radius 1 is 1.33 bits per heavy atom. The minimum absolute atomic E-state index is 0. The fourth-order valence-corrected chi connectivity index (χ4v) is 1.87. The third-order valence-corrected chi connectivity index (χ3v) is 3.05. The quantitative estimate of drug-likeness (QED) is 0.920. The molecule has 0 radical (unpaired) electrons. The molecule has 1 aromatic rings. The van der Waals surface area contributed by atoms with Crippen molar-refractivity contribution in [2.45, 2.75) is 25.1 Å². The van der Waals surface area contributed by atoms with E-state index in [0.29, 0.717) is 11.5 Å². The summed E-state index contributed by atoms with van der Waals surface area (Å²) in [5.41, 5.74) is 5.92. The van der Waals surface area contributed by atoms with E-state index in [1.165, 1.54) is 13.2 Å². The number of rotatable bonds is 3. The van der Waals surface area contributed by atoms with Crippen molar-refractivity contribution in [3.63, 3.8) is 0 Å². The molecule has 0 aliphatic heterocycles. The van der Waals surface area contributed by atoms with Crippen molar-refractivity contribution >= 4 is 12.4 Å². The number of methoxy groups -OCH3 is 1. The molecule has 0 bridgehead atoms. The van der Waals surface area contributed by atoms with Gasteiger partial charge in [-0.15, -0.1) is 12.4 Å². The second kappa shape index (κ2) is 5.36. The van der Waals surface area contributed by atoms with E-state index in [1.807, 2.05) is 0 Å². The molecular weight excluding hydrogens is 267 g/mol. The van der Waals surface area contributed by atoms with Crippen LogP contribution in [-0.2, 0) is 6.18 Å². The van der Waals surface area contributed by atoms with E-state index in [-0.39, 0.29) is 24.2 Å². The van der Waals surface area contributed by atoms with Gasteiger partial charge in [0.25, 0.3) is 0 Å². The molecule has 1 aliphatic rings. The molecule has 0 spiro atoms. The maximum Gasteiger partial charge on any atom is 0.416 e. The Hall–Kier alpha value is -0.940. The van der Waals surface area contributed by atoms with Gasteiger partial charge in [0.1, 0.15) is 5.75 Å². The molecule has 0 saturated heterocycles. The molecule has 2 rings (SSSR count). The SMILES string of the molecule is COc1cc(C(F)(F)F)ccc1[C@H](N)C1CC1.Cl. The lowest BCUT2D eigenvalue weighted by molar-refractivity contribution is -0.137. The number of halogens is 4. The second-order valence-corrected chi connectivity index (χ2v) is 4.32. The standard InChI is InChI=1S/C12H14F3NO.ClH/c1-17-10-6-8(12(13,14)15)4-5-9(10)11(16)7-2-3-7;/h4-7,11H,2-3,16H2,1H3;1H/t11-;/m1./s1. The van der Waals surface area contributed by atoms with Crippen molar-refractivity contribution in [2.24, 2.45) is 11.7 Å². The van der Waals surface area contributed by atoms with Crippen molar-refractivity contribution in [2.75, 3.05) is 7.11 Å². The van der Waals surface area contributed by atoms with Crippen LogP contribution in [0.1, 0.15) is 30.0 Å². The number of alkyl halides is 3. The number of nitrogens with two attached hydrogens (primary N) is 1. The van der Waals surface area contributed by atoms with Crippen LogP contribution in [0.2, 0.25) is 0 Å². The van der Waals surface area contributed by atoms with Crippen LogP contribution in [0.15, 0.2) is 18.2 Å². The molecule has 0 amide bonds. The molecule has 18 heavy (non-hydrogen) atoms. The van der Waals surface area contributed by atoms with Gasteiger partial charge in [-0.05, 0) is 30.9 Å². The highest BCUT2D eigenvalue weighted by atomic mass is 35.5. The first kappa shape index (κ1) is 15.1. The molecule has 0 heterocycles. The number of benzene rings is 1. The van der Waals surface area contributed by atoms with Crippen molar-refractivity contribution < 1.29 is 17.9 Å². The van der Waals surface area contributed by atoms with Crippen LogP contribution in [0.5, 0.6) is 5.75 Å². The lowest BCUT2D eigenvalue weighted by Gasteiger charge is -2.17. The summed E-state index contributed by atoms with van der Waals surface area (Å²) in [4.78, 5) is 0. The summed E-state index contributed by atoms with van der Waals surface area (Å²) in [6.45, 7) is 0. The number of hydrogen-bond donors (Lipinski definition) is 1. The van der Waals surface area contributed by atoms with E-state index in [9.17, 15) is 13.2 Å². The lowest BCUT2D eigenvalue weighted by Crippen LogP contribution is -2.14. The first-order chi connectivity index (χ1) is 7.93. The summed E-state index contributed by atoms with van der Waals surface area (Å²) < 4.78 is 42.6. The van der Waals surface area contributed by atoms with Crippen molar-refractivity contribution in [1.29, 1.82) is 0 Å². The summed E-state index contributed by atoms with van der Waals surface area (Å²) >= 11 is 0. The number of hydrogen-bond acceptors (Lipinski definition) is 2. The molecule has 1 atom stereocenters. The van der Waals surface area contributed by atoms with Crippen molar-refractivity contribution in [3.05, 3.63) is 29.3 Å². The molecule has 2 nitrogen and oxygen atoms in total. The Bertz CT molecular complexity index is 418. The first-order valence-electron chi connectivity index (χ1n) is 5.44. The molecule has 2 N–H and O–H groups in total. The Kier molecular flexibility index (Phi) is 4.50. The zero-order chi connectivity index (χ0) is 12.6. The fourth-order valence-electron chi connectivity index (χ4n) is 1.87. The molecule has 102 valence electrons. The maximum atomic E-state index is 12.5. The van der Waals surface area contributed by atoms with Gasteiger partial charge in [0, 0.05) is 11.6 Å². The third kappa shape index (κ3) is 3.09. The van der Waals surface area contributed by atoms with Gasteiger partial charge in [0.05, 0.1) is 12.7 Å². The van der Waals surface area contributed by atoms with Crippen LogP contribution in [0.4, 0.5) is 13.2 Å². The van der Waals surface area contributed by atoms with Gasteiger partial charge in [-0.1, -0.05) is 6.07 Å². The van der Waals surface area contributed by atoms with Crippen LogP contribution in [0.25, 0.3) is 0 Å². The predicted molar refractivity (Wildman–Crippen MR) is 64.9 cm³/mol. The molecule has 1 aromatic carbocycles. The Balaban J connectivity index is 0.00000162. The lowest BCUT2D eigenvalue weighted by atomic mass is 10.0. The maximum absolute atomic E-state index is 12.5. The molecule has 1 aliphatic carbocycles. The average Bonchev–Trinajstić information content (AvgIpc) is 3.09. The zero-order valence-corrected chi connectivity index (χ0v) is 10.6. The normalized spacial score (nSPS) is 16.9. The first-order valence-corrected chi connectivity index (χ1v) is 5.44. The highest BCUT2D eigenvalue weighted by Crippen LogP contribution is 2.43. The average molecular weight is 282 g/mol. The summed E-state index contributed by atoms with van der Waals surface area (Å²) in [6.07, 6.45) is -2.29. The van der Waals surface area contributed by atoms with Gasteiger partial charge in [0.15, 0.2) is 0 Å². The largest absolute Gasteiger partial charge is 0.496 e. The minimum atomic E-state index is -4.35. The zero-order valence-electron chi connectivity index (χ0n) is 9.83. The van der Waals surface area contributed by atoms with Crippen LogP contribution < -0.4 is 10.5 Å². The van der Waals surface area contributed by atoms with E-state index in [4.69, 9.17) is 10.5 Å². The second-order valence-electron chi connectivity index (χ2n) is 4.32. The summed E-state index contributed by atoms with van der Waals surface area (Å²) in [5.74, 6) is 0.597. The summed E-state index contributed by atoms with van der Waals surface area (Å²) in [7, 11) is 1.36. The van der Waals surface area contributed by atoms with E-state index in [0.717, 1.165) is 25.0 Å². The number of ether oxygens (including phenoxy) is 1. The third-order valence-electron chi connectivity index (χ3n) is 3.05. The van der Waals surface area contributed by atoms with Crippen LogP contribution in [0.3, 0.4) is 0 Å². The summed E-state index contributed by atoms with van der Waals surface area (Å²) in [5, 5.41) is 0. The smallest absolute Gasteiger partial charge is 0.416 e. The fraction of sp³-hybridized carbons (Fsp3) is 0.500. The van der Waals surface area contributed by atoms with E-state index < -0.39 is 11.7 Å². The van der Waals surface area contributed by atoms with Gasteiger partial charge in [-0.3, -0.25) is 0 Å². The van der Waals surface area contributed by atoms with Gasteiger partial charge >= 0.3 is 6.18 Å². The molecular formula is C12H15ClF3NO. The Morgan fingerprint density at radius 3 is 2.39 bits per heavy atom. The van der Waals surface area contributed by atoms with Gasteiger partial charge in [-0.2, -0.15) is 13.2 Å². The van der Waals surface area contributed by atoms with E-state index in [2.05, 4.69) is 0 Å². The van der Waals surface area contributed by atoms with Crippen molar-refractivity contribution in [3.8, 4) is 5.75 Å². The van der Waals surface area contributed by atoms with E-state index in [1.54, 1.807) is 0 Å². The predicted octanol–water partition coefficient (Wildman–Crippen LogP) is 3.55. The molecule has 1 fully saturated rings. The molecule has 6 heteroatoms. The van der Waals surface area contributed by atoms with Crippen LogP contribution in [0, 0.1) is 5.92 Å². The van der Waals surface area contributed by atoms with Crippen LogP contribution >= 0.6 is 12.4 Å². The monoisotopic (exact) mass is 281 g/mol. The van der Waals surface area contributed by atoms with Crippen molar-refractivity contribution in [1.82, 2.24) is 0 Å². The Morgan fingerprint density at radius 2 is 1.94 bits per heavy atom. The summed E-state index contributed by atoms with van der Waals surface area (Å²) in [6, 6.07) is 3.26. The topological polar surface area (TPSA) is 35.2 Å². The Labute approximate surface area is 110 Å². The molecule has 1 saturated carbocycles. The van der Waals surface area contributed by atoms with E-state index >= 15 is 0 Å². The van der Waals surface area contributed by atoms with Gasteiger partial charge in [-0.25, -0.2) is 0 Å². The minimum Gasteiger partial charge on any atom is -0.496 e. The van der Waals surface area contributed by atoms with Gasteiger partial charge in [0.2, 0.25) is 0 Å². The molecule has 0 aromatic heterocycles. The van der Waals surface area contributed by atoms with Gasteiger partial charge < -0.3 is 10.5 Å². The highest BCUT2D eigenvalue weighted by molar-refractivity contribution is 5.85. The molecule has 0 unspecified atom stereocenters. The van der Waals surface area contributed by atoms with Crippen LogP contribution in [-0.4, -0.2) is 7.11 Å². The highest BCUT2D eigenvalue weighted by Gasteiger charge is 2.34.